The number of hydrogen-bond donors (Lipinski definition) is 2. The molecule has 0 aliphatic carbocycles. The first-order valence-electron chi connectivity index (χ1n) is 8.71. The Bertz CT molecular complexity index is 855. The van der Waals surface area contributed by atoms with E-state index in [4.69, 9.17) is 17.0 Å². The molecular formula is C19H20N3O5S-. The van der Waals surface area contributed by atoms with Crippen molar-refractivity contribution >= 4 is 34.6 Å². The summed E-state index contributed by atoms with van der Waals surface area (Å²) in [6.07, 6.45) is 3.18. The second kappa shape index (κ2) is 10.2. The highest BCUT2D eigenvalue weighted by molar-refractivity contribution is 7.80. The Hall–Kier alpha value is -3.20. The van der Waals surface area contributed by atoms with Crippen LogP contribution in [0.25, 0.3) is 0 Å². The number of carbonyl (C=O) groups excluding carboxylic acids is 1. The Balaban J connectivity index is 1.92. The fraction of sp³-hybridized carbons (Fsp3) is 0.263. The summed E-state index contributed by atoms with van der Waals surface area (Å²) >= 11 is 5.01. The number of ether oxygens (including phenoxy) is 1. The lowest BCUT2D eigenvalue weighted by atomic mass is 10.2. The van der Waals surface area contributed by atoms with Crippen molar-refractivity contribution in [2.75, 3.05) is 11.9 Å². The van der Waals surface area contributed by atoms with Gasteiger partial charge < -0.3 is 15.2 Å². The molecular weight excluding hydrogens is 382 g/mol. The summed E-state index contributed by atoms with van der Waals surface area (Å²) in [6.45, 7) is 2.73. The molecule has 9 heteroatoms. The van der Waals surface area contributed by atoms with Gasteiger partial charge in [-0.3, -0.25) is 20.2 Å². The number of rotatable bonds is 8. The summed E-state index contributed by atoms with van der Waals surface area (Å²) in [5, 5.41) is 27.4. The molecule has 0 atom stereocenters. The van der Waals surface area contributed by atoms with Gasteiger partial charge in [-0.05, 0) is 42.9 Å². The third-order valence-electron chi connectivity index (χ3n) is 3.78. The van der Waals surface area contributed by atoms with E-state index in [-0.39, 0.29) is 16.5 Å². The summed E-state index contributed by atoms with van der Waals surface area (Å²) in [4.78, 5) is 22.4. The predicted octanol–water partition coefficient (Wildman–Crippen LogP) is 3.36. The zero-order valence-corrected chi connectivity index (χ0v) is 16.1. The summed E-state index contributed by atoms with van der Waals surface area (Å²) in [5.41, 5.74) is 0.00697. The molecule has 1 amide bonds. The molecule has 148 valence electrons. The highest BCUT2D eigenvalue weighted by Crippen LogP contribution is 2.25. The lowest BCUT2D eigenvalue weighted by molar-refractivity contribution is -0.385. The maximum atomic E-state index is 12.3. The molecule has 0 heterocycles. The van der Waals surface area contributed by atoms with Gasteiger partial charge in [0.05, 0.1) is 11.5 Å². The normalized spacial score (nSPS) is 10.2. The molecule has 0 spiro atoms. The SMILES string of the molecule is CCCCCOc1ccc(C(=O)NC(=S)Nc2cc([N+](=O)[O-])ccc2[O-])cc1. The van der Waals surface area contributed by atoms with Crippen LogP contribution in [0.15, 0.2) is 42.5 Å². The number of thiocarbonyl (C=S) groups is 1. The molecule has 0 saturated carbocycles. The largest absolute Gasteiger partial charge is 0.871 e. The number of non-ortho nitro benzene ring substituents is 1. The smallest absolute Gasteiger partial charge is 0.271 e. The number of nitrogens with zero attached hydrogens (tertiary/aromatic N) is 1. The first-order chi connectivity index (χ1) is 13.4. The molecule has 0 radical (unpaired) electrons. The van der Waals surface area contributed by atoms with Crippen molar-refractivity contribution in [3.63, 3.8) is 0 Å². The molecule has 2 N–H and O–H groups in total. The third kappa shape index (κ3) is 6.20. The molecule has 0 fully saturated rings. The molecule has 0 aliphatic heterocycles. The van der Waals surface area contributed by atoms with Crippen LogP contribution in [0.4, 0.5) is 11.4 Å². The second-order valence-electron chi connectivity index (χ2n) is 5.93. The molecule has 2 rings (SSSR count). The Labute approximate surface area is 167 Å². The molecule has 8 nitrogen and oxygen atoms in total. The van der Waals surface area contributed by atoms with E-state index in [1.807, 2.05) is 0 Å². The molecule has 2 aromatic carbocycles. The average molecular weight is 402 g/mol. The minimum atomic E-state index is -0.627. The van der Waals surface area contributed by atoms with E-state index in [1.165, 1.54) is 0 Å². The van der Waals surface area contributed by atoms with Crippen molar-refractivity contribution in [2.45, 2.75) is 26.2 Å². The van der Waals surface area contributed by atoms with Gasteiger partial charge in [-0.25, -0.2) is 0 Å². The zero-order chi connectivity index (χ0) is 20.5. The second-order valence-corrected chi connectivity index (χ2v) is 6.33. The Morgan fingerprint density at radius 3 is 2.54 bits per heavy atom. The number of nitrogens with one attached hydrogen (secondary N) is 2. The summed E-state index contributed by atoms with van der Waals surface area (Å²) < 4.78 is 5.59. The minimum Gasteiger partial charge on any atom is -0.871 e. The topological polar surface area (TPSA) is 117 Å². The number of amides is 1. The van der Waals surface area contributed by atoms with Crippen molar-refractivity contribution in [1.29, 1.82) is 0 Å². The first-order valence-corrected chi connectivity index (χ1v) is 9.12. The number of anilines is 1. The minimum absolute atomic E-state index is 0.0877. The van der Waals surface area contributed by atoms with Gasteiger partial charge in [-0.2, -0.15) is 0 Å². The van der Waals surface area contributed by atoms with E-state index in [2.05, 4.69) is 17.6 Å². The van der Waals surface area contributed by atoms with Gasteiger partial charge in [0.25, 0.3) is 11.6 Å². The van der Waals surface area contributed by atoms with Gasteiger partial charge in [0.1, 0.15) is 5.75 Å². The summed E-state index contributed by atoms with van der Waals surface area (Å²) in [6, 6.07) is 9.79. The molecule has 28 heavy (non-hydrogen) atoms. The Kier molecular flexibility index (Phi) is 7.70. The number of hydrogen-bond acceptors (Lipinski definition) is 6. The van der Waals surface area contributed by atoms with Crippen molar-refractivity contribution in [2.24, 2.45) is 0 Å². The fourth-order valence-electron chi connectivity index (χ4n) is 2.30. The highest BCUT2D eigenvalue weighted by atomic mass is 32.1. The number of unbranched alkanes of at least 4 members (excludes halogenated alkanes) is 2. The van der Waals surface area contributed by atoms with E-state index in [0.717, 1.165) is 37.5 Å². The molecule has 0 aromatic heterocycles. The first kappa shape index (κ1) is 21.1. The van der Waals surface area contributed by atoms with E-state index >= 15 is 0 Å². The van der Waals surface area contributed by atoms with Gasteiger partial charge in [0.2, 0.25) is 0 Å². The Morgan fingerprint density at radius 1 is 1.18 bits per heavy atom. The van der Waals surface area contributed by atoms with Crippen molar-refractivity contribution < 1.29 is 19.6 Å². The number of nitro groups is 1. The lowest BCUT2D eigenvalue weighted by Crippen LogP contribution is -2.34. The van der Waals surface area contributed by atoms with E-state index in [1.54, 1.807) is 24.3 Å². The predicted molar refractivity (Wildman–Crippen MR) is 108 cm³/mol. The molecule has 0 bridgehead atoms. The fourth-order valence-corrected chi connectivity index (χ4v) is 2.51. The molecule has 2 aromatic rings. The quantitative estimate of drug-likeness (QED) is 0.301. The Morgan fingerprint density at radius 2 is 1.89 bits per heavy atom. The third-order valence-corrected chi connectivity index (χ3v) is 3.99. The maximum Gasteiger partial charge on any atom is 0.271 e. The number of carbonyl (C=O) groups is 1. The van der Waals surface area contributed by atoms with Crippen LogP contribution in [0.1, 0.15) is 36.5 Å². The van der Waals surface area contributed by atoms with Gasteiger partial charge in [0.15, 0.2) is 5.11 Å². The van der Waals surface area contributed by atoms with E-state index in [0.29, 0.717) is 17.9 Å². The average Bonchev–Trinajstić information content (AvgIpc) is 2.67. The van der Waals surface area contributed by atoms with Crippen LogP contribution < -0.4 is 20.5 Å². The number of benzene rings is 2. The van der Waals surface area contributed by atoms with E-state index < -0.39 is 16.6 Å². The van der Waals surface area contributed by atoms with Crippen LogP contribution in [0.2, 0.25) is 0 Å². The lowest BCUT2D eigenvalue weighted by Gasteiger charge is -2.16. The van der Waals surface area contributed by atoms with Crippen LogP contribution >= 0.6 is 12.2 Å². The van der Waals surface area contributed by atoms with Crippen LogP contribution in [0.5, 0.6) is 11.5 Å². The highest BCUT2D eigenvalue weighted by Gasteiger charge is 2.11. The van der Waals surface area contributed by atoms with Crippen molar-refractivity contribution in [3.8, 4) is 11.5 Å². The summed E-state index contributed by atoms with van der Waals surface area (Å²) in [5.74, 6) is -0.291. The monoisotopic (exact) mass is 402 g/mol. The van der Waals surface area contributed by atoms with Crippen LogP contribution in [0.3, 0.4) is 0 Å². The van der Waals surface area contributed by atoms with Gasteiger partial charge >= 0.3 is 0 Å². The number of nitro benzene ring substituents is 1. The maximum absolute atomic E-state index is 12.3. The standard InChI is InChI=1S/C19H21N3O5S/c1-2-3-4-11-27-15-8-5-13(6-9-15)18(24)21-19(28)20-16-12-14(22(25)26)7-10-17(16)23/h5-10,12,23H,2-4,11H2,1H3,(H2,20,21,24,28)/p-1. The molecule has 0 unspecified atom stereocenters. The van der Waals surface area contributed by atoms with Gasteiger partial charge in [-0.15, -0.1) is 0 Å². The van der Waals surface area contributed by atoms with Gasteiger partial charge in [-0.1, -0.05) is 31.6 Å². The van der Waals surface area contributed by atoms with Crippen LogP contribution in [-0.2, 0) is 0 Å². The van der Waals surface area contributed by atoms with Crippen LogP contribution in [0, 0.1) is 10.1 Å². The van der Waals surface area contributed by atoms with Crippen LogP contribution in [-0.4, -0.2) is 22.5 Å². The van der Waals surface area contributed by atoms with Crippen molar-refractivity contribution in [1.82, 2.24) is 5.32 Å². The molecule has 0 saturated heterocycles. The zero-order valence-electron chi connectivity index (χ0n) is 15.3. The van der Waals surface area contributed by atoms with Crippen molar-refractivity contribution in [3.05, 3.63) is 58.1 Å². The summed E-state index contributed by atoms with van der Waals surface area (Å²) in [7, 11) is 0. The molecule has 0 aliphatic rings. The van der Waals surface area contributed by atoms with Gasteiger partial charge in [0, 0.05) is 23.4 Å². The van der Waals surface area contributed by atoms with E-state index in [9.17, 15) is 20.0 Å².